The van der Waals surface area contributed by atoms with E-state index in [-0.39, 0.29) is 12.5 Å². The lowest BCUT2D eigenvalue weighted by atomic mass is 10.1. The first kappa shape index (κ1) is 12.7. The van der Waals surface area contributed by atoms with Crippen molar-refractivity contribution in [2.24, 2.45) is 0 Å². The van der Waals surface area contributed by atoms with E-state index in [0.29, 0.717) is 30.3 Å². The summed E-state index contributed by atoms with van der Waals surface area (Å²) >= 11 is 0. The molecule has 0 bridgehead atoms. The third-order valence-electron chi connectivity index (χ3n) is 2.68. The fourth-order valence-electron chi connectivity index (χ4n) is 1.93. The summed E-state index contributed by atoms with van der Waals surface area (Å²) < 4.78 is 10.9. The predicted octanol–water partition coefficient (Wildman–Crippen LogP) is 0.911. The molecule has 1 aliphatic rings. The van der Waals surface area contributed by atoms with Gasteiger partial charge in [0.15, 0.2) is 11.5 Å². The van der Waals surface area contributed by atoms with E-state index in [1.165, 1.54) is 4.90 Å². The number of ether oxygens (including phenoxy) is 2. The van der Waals surface area contributed by atoms with Crippen LogP contribution in [0.15, 0.2) is 18.2 Å². The molecule has 1 N–H and O–H groups in total. The number of aliphatic hydroxyl groups excluding tert-OH is 1. The van der Waals surface area contributed by atoms with Gasteiger partial charge in [0.25, 0.3) is 5.91 Å². The Balaban J connectivity index is 2.25. The van der Waals surface area contributed by atoms with Gasteiger partial charge in [0.05, 0.1) is 11.7 Å². The molecule has 0 saturated carbocycles. The van der Waals surface area contributed by atoms with Crippen LogP contribution in [-0.2, 0) is 0 Å². The van der Waals surface area contributed by atoms with Crippen molar-refractivity contribution >= 4 is 5.91 Å². The zero-order chi connectivity index (χ0) is 13.1. The van der Waals surface area contributed by atoms with Gasteiger partial charge in [-0.1, -0.05) is 6.07 Å². The Labute approximate surface area is 106 Å². The number of fused-ring (bicyclic) bond motifs is 1. The van der Waals surface area contributed by atoms with Crippen molar-refractivity contribution in [1.29, 1.82) is 0 Å². The third kappa shape index (κ3) is 2.56. The molecule has 5 nitrogen and oxygen atoms in total. The maximum absolute atomic E-state index is 12.2. The van der Waals surface area contributed by atoms with Crippen LogP contribution in [0.25, 0.3) is 0 Å². The average Bonchev–Trinajstić information content (AvgIpc) is 2.36. The molecule has 1 aromatic carbocycles. The number of amides is 1. The summed E-state index contributed by atoms with van der Waals surface area (Å²) in [5.41, 5.74) is 0.468. The Morgan fingerprint density at radius 3 is 2.89 bits per heavy atom. The SMILES string of the molecule is CC(O)CN(C)C(=O)c1cccc2c1OCCO2. The molecule has 1 atom stereocenters. The Kier molecular flexibility index (Phi) is 3.72. The van der Waals surface area contributed by atoms with Gasteiger partial charge >= 0.3 is 0 Å². The molecule has 0 spiro atoms. The highest BCUT2D eigenvalue weighted by Crippen LogP contribution is 2.34. The van der Waals surface area contributed by atoms with Crippen molar-refractivity contribution in [3.8, 4) is 11.5 Å². The van der Waals surface area contributed by atoms with Gasteiger partial charge in [0.1, 0.15) is 13.2 Å². The van der Waals surface area contributed by atoms with Gasteiger partial charge in [-0.3, -0.25) is 4.79 Å². The molecule has 1 aliphatic heterocycles. The van der Waals surface area contributed by atoms with Crippen LogP contribution in [0.4, 0.5) is 0 Å². The maximum atomic E-state index is 12.2. The van der Waals surface area contributed by atoms with Crippen molar-refractivity contribution in [2.75, 3.05) is 26.8 Å². The van der Waals surface area contributed by atoms with Crippen LogP contribution in [0, 0.1) is 0 Å². The second-order valence-electron chi connectivity index (χ2n) is 4.36. The zero-order valence-corrected chi connectivity index (χ0v) is 10.5. The van der Waals surface area contributed by atoms with Crippen molar-refractivity contribution in [2.45, 2.75) is 13.0 Å². The minimum atomic E-state index is -0.560. The summed E-state index contributed by atoms with van der Waals surface area (Å²) in [6, 6.07) is 5.24. The lowest BCUT2D eigenvalue weighted by Gasteiger charge is -2.23. The number of carbonyl (C=O) groups excluding carboxylic acids is 1. The molecular formula is C13H17NO4. The van der Waals surface area contributed by atoms with Gasteiger partial charge in [0.2, 0.25) is 0 Å². The topological polar surface area (TPSA) is 59.0 Å². The summed E-state index contributed by atoms with van der Waals surface area (Å²) in [6.07, 6.45) is -0.560. The van der Waals surface area contributed by atoms with E-state index < -0.39 is 6.10 Å². The highest BCUT2D eigenvalue weighted by atomic mass is 16.6. The Morgan fingerprint density at radius 1 is 1.44 bits per heavy atom. The molecule has 98 valence electrons. The van der Waals surface area contributed by atoms with Gasteiger partial charge in [-0.25, -0.2) is 0 Å². The number of nitrogens with zero attached hydrogens (tertiary/aromatic N) is 1. The van der Waals surface area contributed by atoms with Crippen LogP contribution in [0.2, 0.25) is 0 Å². The summed E-state index contributed by atoms with van der Waals surface area (Å²) in [7, 11) is 1.65. The molecule has 1 amide bonds. The average molecular weight is 251 g/mol. The molecule has 1 aromatic rings. The van der Waals surface area contributed by atoms with Gasteiger partial charge in [-0.05, 0) is 19.1 Å². The molecule has 5 heteroatoms. The predicted molar refractivity (Wildman–Crippen MR) is 66.1 cm³/mol. The minimum Gasteiger partial charge on any atom is -0.486 e. The standard InChI is InChI=1S/C13H17NO4/c1-9(15)8-14(2)13(16)10-4-3-5-11-12(10)18-7-6-17-11/h3-5,9,15H,6-8H2,1-2H3. The second kappa shape index (κ2) is 5.27. The maximum Gasteiger partial charge on any atom is 0.257 e. The normalized spacial score (nSPS) is 15.1. The first-order valence-electron chi connectivity index (χ1n) is 5.91. The molecule has 18 heavy (non-hydrogen) atoms. The summed E-state index contributed by atoms with van der Waals surface area (Å²) in [5.74, 6) is 0.905. The molecule has 1 heterocycles. The molecule has 1 unspecified atom stereocenters. The van der Waals surface area contributed by atoms with Crippen molar-refractivity contribution in [3.63, 3.8) is 0 Å². The highest BCUT2D eigenvalue weighted by Gasteiger charge is 2.22. The lowest BCUT2D eigenvalue weighted by Crippen LogP contribution is -2.33. The third-order valence-corrected chi connectivity index (χ3v) is 2.68. The number of hydrogen-bond acceptors (Lipinski definition) is 4. The molecule has 0 saturated heterocycles. The van der Waals surface area contributed by atoms with Crippen LogP contribution in [0.5, 0.6) is 11.5 Å². The molecule has 2 rings (SSSR count). The van der Waals surface area contributed by atoms with Crippen molar-refractivity contribution in [3.05, 3.63) is 23.8 Å². The molecular weight excluding hydrogens is 234 g/mol. The minimum absolute atomic E-state index is 0.182. The van der Waals surface area contributed by atoms with Crippen LogP contribution >= 0.6 is 0 Å². The number of likely N-dealkylation sites (N-methyl/N-ethyl adjacent to an activating group) is 1. The number of carbonyl (C=O) groups is 1. The van der Waals surface area contributed by atoms with E-state index in [9.17, 15) is 9.90 Å². The summed E-state index contributed by atoms with van der Waals surface area (Å²) in [6.45, 7) is 2.86. The van der Waals surface area contributed by atoms with Crippen LogP contribution < -0.4 is 9.47 Å². The monoisotopic (exact) mass is 251 g/mol. The van der Waals surface area contributed by atoms with E-state index in [0.717, 1.165) is 0 Å². The molecule has 0 aromatic heterocycles. The van der Waals surface area contributed by atoms with Crippen LogP contribution in [-0.4, -0.2) is 48.8 Å². The first-order valence-corrected chi connectivity index (χ1v) is 5.91. The van der Waals surface area contributed by atoms with Crippen LogP contribution in [0.1, 0.15) is 17.3 Å². The quantitative estimate of drug-likeness (QED) is 0.867. The Hall–Kier alpha value is -1.75. The Morgan fingerprint density at radius 2 is 2.17 bits per heavy atom. The smallest absolute Gasteiger partial charge is 0.257 e. The summed E-state index contributed by atoms with van der Waals surface area (Å²) in [5, 5.41) is 9.31. The van der Waals surface area contributed by atoms with E-state index in [1.807, 2.05) is 0 Å². The number of rotatable bonds is 3. The summed E-state index contributed by atoms with van der Waals surface area (Å²) in [4.78, 5) is 13.7. The van der Waals surface area contributed by atoms with Crippen molar-refractivity contribution < 1.29 is 19.4 Å². The van der Waals surface area contributed by atoms with Gasteiger partial charge in [-0.15, -0.1) is 0 Å². The Bertz CT molecular complexity index is 445. The molecule has 0 aliphatic carbocycles. The van der Waals surface area contributed by atoms with E-state index in [4.69, 9.17) is 9.47 Å². The number of aliphatic hydroxyl groups is 1. The number of benzene rings is 1. The highest BCUT2D eigenvalue weighted by molar-refractivity contribution is 5.97. The van der Waals surface area contributed by atoms with E-state index >= 15 is 0 Å². The van der Waals surface area contributed by atoms with Crippen molar-refractivity contribution in [1.82, 2.24) is 4.90 Å². The van der Waals surface area contributed by atoms with Gasteiger partial charge < -0.3 is 19.5 Å². The second-order valence-corrected chi connectivity index (χ2v) is 4.36. The van der Waals surface area contributed by atoms with Gasteiger partial charge in [0, 0.05) is 13.6 Å². The first-order chi connectivity index (χ1) is 8.59. The van der Waals surface area contributed by atoms with Gasteiger partial charge in [-0.2, -0.15) is 0 Å². The number of para-hydroxylation sites is 1. The van der Waals surface area contributed by atoms with E-state index in [2.05, 4.69) is 0 Å². The zero-order valence-electron chi connectivity index (χ0n) is 10.5. The molecule has 0 radical (unpaired) electrons. The van der Waals surface area contributed by atoms with E-state index in [1.54, 1.807) is 32.2 Å². The van der Waals surface area contributed by atoms with Crippen LogP contribution in [0.3, 0.4) is 0 Å². The molecule has 0 fully saturated rings. The number of hydrogen-bond donors (Lipinski definition) is 1. The largest absolute Gasteiger partial charge is 0.486 e. The fraction of sp³-hybridized carbons (Fsp3) is 0.462. The fourth-order valence-corrected chi connectivity index (χ4v) is 1.93. The lowest BCUT2D eigenvalue weighted by molar-refractivity contribution is 0.0694.